The predicted molar refractivity (Wildman–Crippen MR) is 68.8 cm³/mol. The van der Waals surface area contributed by atoms with Crippen molar-refractivity contribution < 1.29 is 14.0 Å². The van der Waals surface area contributed by atoms with Crippen LogP contribution in [0.4, 0.5) is 0 Å². The van der Waals surface area contributed by atoms with Gasteiger partial charge in [-0.15, -0.1) is 0 Å². The molecule has 0 aromatic carbocycles. The molecule has 2 rings (SSSR count). The topological polar surface area (TPSA) is 18.5 Å². The van der Waals surface area contributed by atoms with E-state index in [1.54, 1.807) is 0 Å². The Morgan fingerprint density at radius 3 is 2.41 bits per heavy atom. The largest absolute Gasteiger partial charge is 0.344 e. The number of ether oxygens (including phenoxy) is 2. The number of nitrogens with zero attached hydrogens (tertiary/aromatic N) is 1. The smallest absolute Gasteiger partial charge is 0.208 e. The maximum Gasteiger partial charge on any atom is 0.208 e. The molecule has 0 spiro atoms. The zero-order chi connectivity index (χ0) is 12.5. The molecule has 17 heavy (non-hydrogen) atoms. The highest BCUT2D eigenvalue weighted by molar-refractivity contribution is 4.77. The van der Waals surface area contributed by atoms with Crippen molar-refractivity contribution >= 4 is 0 Å². The van der Waals surface area contributed by atoms with Gasteiger partial charge < -0.3 is 14.0 Å². The average molecular weight is 242 g/mol. The maximum absolute atomic E-state index is 6.07. The Balaban J connectivity index is 1.93. The molecule has 0 saturated carbocycles. The summed E-state index contributed by atoms with van der Waals surface area (Å²) in [6.07, 6.45) is 5.39. The van der Waals surface area contributed by atoms with Gasteiger partial charge in [0.15, 0.2) is 0 Å². The van der Waals surface area contributed by atoms with E-state index in [9.17, 15) is 0 Å². The maximum atomic E-state index is 6.07. The Morgan fingerprint density at radius 2 is 1.82 bits per heavy atom. The van der Waals surface area contributed by atoms with E-state index in [0.29, 0.717) is 6.10 Å². The van der Waals surface area contributed by atoms with Crippen LogP contribution in [0.15, 0.2) is 0 Å². The molecule has 2 atom stereocenters. The highest BCUT2D eigenvalue weighted by Crippen LogP contribution is 2.29. The van der Waals surface area contributed by atoms with Crippen molar-refractivity contribution in [3.8, 4) is 0 Å². The van der Waals surface area contributed by atoms with Gasteiger partial charge in [-0.25, -0.2) is 0 Å². The zero-order valence-corrected chi connectivity index (χ0v) is 11.9. The highest BCUT2D eigenvalue weighted by Gasteiger charge is 2.38. The molecule has 0 unspecified atom stereocenters. The van der Waals surface area contributed by atoms with Gasteiger partial charge >= 0.3 is 0 Å². The molecule has 2 aliphatic rings. The summed E-state index contributed by atoms with van der Waals surface area (Å²) in [5.41, 5.74) is -0.0305. The number of piperidine rings is 1. The van der Waals surface area contributed by atoms with Crippen LogP contribution in [0.5, 0.6) is 0 Å². The Kier molecular flexibility index (Phi) is 3.81. The SMILES string of the molecule is C[C@H]1CC(C)(C)O[C@H](C[N+]2(C)CCCCC2)O1. The lowest BCUT2D eigenvalue weighted by Crippen LogP contribution is -2.56. The van der Waals surface area contributed by atoms with Crippen LogP contribution in [0, 0.1) is 0 Å². The van der Waals surface area contributed by atoms with Gasteiger partial charge in [-0.1, -0.05) is 0 Å². The Morgan fingerprint density at radius 1 is 1.18 bits per heavy atom. The van der Waals surface area contributed by atoms with E-state index in [1.807, 2.05) is 0 Å². The second-order valence-corrected chi connectivity index (χ2v) is 6.77. The third kappa shape index (κ3) is 3.67. The van der Waals surface area contributed by atoms with E-state index >= 15 is 0 Å². The van der Waals surface area contributed by atoms with Crippen molar-refractivity contribution in [2.75, 3.05) is 26.7 Å². The lowest BCUT2D eigenvalue weighted by Gasteiger charge is -2.45. The molecule has 3 nitrogen and oxygen atoms in total. The van der Waals surface area contributed by atoms with Crippen LogP contribution < -0.4 is 0 Å². The molecule has 0 radical (unpaired) electrons. The molecule has 100 valence electrons. The summed E-state index contributed by atoms with van der Waals surface area (Å²) in [6, 6.07) is 0. The summed E-state index contributed by atoms with van der Waals surface area (Å²) in [4.78, 5) is 0. The minimum absolute atomic E-state index is 0.0168. The number of likely N-dealkylation sites (N-methyl/N-ethyl adjacent to an activating group) is 1. The lowest BCUT2D eigenvalue weighted by molar-refractivity contribution is -0.920. The zero-order valence-electron chi connectivity index (χ0n) is 11.9. The van der Waals surface area contributed by atoms with Crippen molar-refractivity contribution in [3.05, 3.63) is 0 Å². The lowest BCUT2D eigenvalue weighted by atomic mass is 10.00. The van der Waals surface area contributed by atoms with Crippen LogP contribution in [0.2, 0.25) is 0 Å². The molecule has 0 bridgehead atoms. The first kappa shape index (κ1) is 13.3. The molecule has 3 heteroatoms. The standard InChI is InChI=1S/C14H28NO2/c1-12-10-14(2,3)17-13(16-12)11-15(4)8-6-5-7-9-15/h12-13H,5-11H2,1-4H3/q+1/t12-,13+/m0/s1. The van der Waals surface area contributed by atoms with Crippen molar-refractivity contribution in [3.63, 3.8) is 0 Å². The summed E-state index contributed by atoms with van der Waals surface area (Å²) in [7, 11) is 2.35. The van der Waals surface area contributed by atoms with Gasteiger partial charge in [-0.2, -0.15) is 0 Å². The van der Waals surface area contributed by atoms with E-state index in [2.05, 4.69) is 27.8 Å². The van der Waals surface area contributed by atoms with Crippen LogP contribution in [-0.4, -0.2) is 49.2 Å². The molecule has 0 aliphatic carbocycles. The minimum atomic E-state index is -0.0305. The fraction of sp³-hybridized carbons (Fsp3) is 1.00. The van der Waals surface area contributed by atoms with Gasteiger partial charge in [0.05, 0.1) is 31.8 Å². The summed E-state index contributed by atoms with van der Waals surface area (Å²) >= 11 is 0. The van der Waals surface area contributed by atoms with Gasteiger partial charge in [0.2, 0.25) is 6.29 Å². The van der Waals surface area contributed by atoms with Crippen LogP contribution in [-0.2, 0) is 9.47 Å². The molecule has 2 aliphatic heterocycles. The molecule has 0 aromatic rings. The van der Waals surface area contributed by atoms with Gasteiger partial charge in [0, 0.05) is 6.42 Å². The molecule has 0 aromatic heterocycles. The minimum Gasteiger partial charge on any atom is -0.344 e. The van der Waals surface area contributed by atoms with Crippen LogP contribution in [0.3, 0.4) is 0 Å². The Bertz CT molecular complexity index is 259. The van der Waals surface area contributed by atoms with Crippen LogP contribution in [0.1, 0.15) is 46.5 Å². The molecule has 0 N–H and O–H groups in total. The van der Waals surface area contributed by atoms with Crippen molar-refractivity contribution in [1.82, 2.24) is 0 Å². The number of hydrogen-bond acceptors (Lipinski definition) is 2. The van der Waals surface area contributed by atoms with E-state index < -0.39 is 0 Å². The highest BCUT2D eigenvalue weighted by atomic mass is 16.7. The van der Waals surface area contributed by atoms with Crippen LogP contribution >= 0.6 is 0 Å². The van der Waals surface area contributed by atoms with Crippen molar-refractivity contribution in [2.45, 2.75) is 64.4 Å². The number of rotatable bonds is 2. The second kappa shape index (κ2) is 4.87. The Labute approximate surface area is 106 Å². The normalized spacial score (nSPS) is 36.7. The summed E-state index contributed by atoms with van der Waals surface area (Å²) in [5.74, 6) is 0. The summed E-state index contributed by atoms with van der Waals surface area (Å²) in [6.45, 7) is 10.1. The summed E-state index contributed by atoms with van der Waals surface area (Å²) < 4.78 is 13.1. The van der Waals surface area contributed by atoms with E-state index in [-0.39, 0.29) is 11.9 Å². The molecular weight excluding hydrogens is 214 g/mol. The van der Waals surface area contributed by atoms with Crippen LogP contribution in [0.25, 0.3) is 0 Å². The summed E-state index contributed by atoms with van der Waals surface area (Å²) in [5, 5.41) is 0. The second-order valence-electron chi connectivity index (χ2n) is 6.77. The van der Waals surface area contributed by atoms with E-state index in [1.165, 1.54) is 32.4 Å². The fourth-order valence-electron chi connectivity index (χ4n) is 3.33. The van der Waals surface area contributed by atoms with Gasteiger partial charge in [-0.3, -0.25) is 0 Å². The van der Waals surface area contributed by atoms with Gasteiger partial charge in [0.25, 0.3) is 0 Å². The van der Waals surface area contributed by atoms with E-state index in [4.69, 9.17) is 9.47 Å². The van der Waals surface area contributed by atoms with Crippen molar-refractivity contribution in [1.29, 1.82) is 0 Å². The fourth-order valence-corrected chi connectivity index (χ4v) is 3.33. The predicted octanol–water partition coefficient (Wildman–Crippen LogP) is 2.55. The van der Waals surface area contributed by atoms with Gasteiger partial charge in [-0.05, 0) is 40.0 Å². The van der Waals surface area contributed by atoms with E-state index in [0.717, 1.165) is 17.4 Å². The third-order valence-electron chi connectivity index (χ3n) is 4.10. The quantitative estimate of drug-likeness (QED) is 0.693. The Hall–Kier alpha value is -0.120. The molecule has 0 amide bonds. The third-order valence-corrected chi connectivity index (χ3v) is 4.10. The number of quaternary nitrogens is 1. The first-order valence-corrected chi connectivity index (χ1v) is 7.05. The van der Waals surface area contributed by atoms with Crippen molar-refractivity contribution in [2.24, 2.45) is 0 Å². The number of hydrogen-bond donors (Lipinski definition) is 0. The first-order chi connectivity index (χ1) is 7.89. The molecule has 2 heterocycles. The molecular formula is C14H28NO2+. The molecule has 2 fully saturated rings. The first-order valence-electron chi connectivity index (χ1n) is 7.05. The van der Waals surface area contributed by atoms with Gasteiger partial charge in [0.1, 0.15) is 6.54 Å². The average Bonchev–Trinajstić information content (AvgIpc) is 2.13. The monoisotopic (exact) mass is 242 g/mol. The number of likely N-dealkylation sites (tertiary alicyclic amines) is 1. The molecule has 2 saturated heterocycles.